The largest absolute Gasteiger partial charge is 0.380 e. The zero-order valence-corrected chi connectivity index (χ0v) is 13.5. The van der Waals surface area contributed by atoms with Gasteiger partial charge in [0.05, 0.1) is 6.61 Å². The van der Waals surface area contributed by atoms with Gasteiger partial charge in [0, 0.05) is 31.0 Å². The van der Waals surface area contributed by atoms with E-state index in [1.165, 1.54) is 11.3 Å². The van der Waals surface area contributed by atoms with Crippen LogP contribution in [0.1, 0.15) is 50.4 Å². The Morgan fingerprint density at radius 1 is 1.38 bits per heavy atom. The molecule has 1 unspecified atom stereocenters. The Labute approximate surface area is 127 Å². The molecule has 4 heteroatoms. The number of fused-ring (bicyclic) bond motifs is 1. The molecule has 0 amide bonds. The van der Waals surface area contributed by atoms with Crippen molar-refractivity contribution in [2.75, 3.05) is 20.3 Å². The predicted molar refractivity (Wildman–Crippen MR) is 85.7 cm³/mol. The van der Waals surface area contributed by atoms with E-state index in [0.717, 1.165) is 32.3 Å². The lowest BCUT2D eigenvalue weighted by atomic mass is 9.91. The van der Waals surface area contributed by atoms with E-state index in [1.54, 1.807) is 6.07 Å². The molecule has 1 N–H and O–H groups in total. The zero-order chi connectivity index (χ0) is 15.2. The van der Waals surface area contributed by atoms with Crippen molar-refractivity contribution in [1.82, 2.24) is 9.88 Å². The van der Waals surface area contributed by atoms with Crippen molar-refractivity contribution >= 4 is 0 Å². The number of pyridine rings is 1. The lowest BCUT2D eigenvalue weighted by Crippen LogP contribution is -2.31. The molecule has 0 radical (unpaired) electrons. The summed E-state index contributed by atoms with van der Waals surface area (Å²) in [6.45, 7) is 6.45. The lowest BCUT2D eigenvalue weighted by Gasteiger charge is -2.27. The monoisotopic (exact) mass is 292 g/mol. The van der Waals surface area contributed by atoms with E-state index >= 15 is 0 Å². The van der Waals surface area contributed by atoms with E-state index in [1.807, 2.05) is 17.7 Å². The fourth-order valence-electron chi connectivity index (χ4n) is 2.98. The number of ether oxygens (including phenoxy) is 1. The third-order valence-electron chi connectivity index (χ3n) is 4.26. The summed E-state index contributed by atoms with van der Waals surface area (Å²) in [6, 6.07) is 4.07. The molecule has 4 nitrogen and oxygen atoms in total. The summed E-state index contributed by atoms with van der Waals surface area (Å²) in [7, 11) is 1.99. The molecule has 0 bridgehead atoms. The van der Waals surface area contributed by atoms with Crippen molar-refractivity contribution in [3.8, 4) is 0 Å². The highest BCUT2D eigenvalue weighted by atomic mass is 16.5. The Kier molecular flexibility index (Phi) is 6.00. The molecule has 1 aliphatic carbocycles. The van der Waals surface area contributed by atoms with Gasteiger partial charge in [-0.1, -0.05) is 19.9 Å². The van der Waals surface area contributed by atoms with Crippen molar-refractivity contribution < 1.29 is 4.74 Å². The smallest absolute Gasteiger partial charge is 0.250 e. The van der Waals surface area contributed by atoms with Crippen molar-refractivity contribution in [3.05, 3.63) is 33.7 Å². The Morgan fingerprint density at radius 3 is 2.90 bits per heavy atom. The Bertz CT molecular complexity index is 508. The highest BCUT2D eigenvalue weighted by Gasteiger charge is 2.21. The summed E-state index contributed by atoms with van der Waals surface area (Å²) in [5, 5.41) is 3.35. The molecule has 118 valence electrons. The maximum atomic E-state index is 12.1. The van der Waals surface area contributed by atoms with Crippen LogP contribution in [0.4, 0.5) is 0 Å². The van der Waals surface area contributed by atoms with Crippen LogP contribution >= 0.6 is 0 Å². The van der Waals surface area contributed by atoms with Gasteiger partial charge < -0.3 is 14.6 Å². The van der Waals surface area contributed by atoms with Crippen molar-refractivity contribution in [3.63, 3.8) is 0 Å². The van der Waals surface area contributed by atoms with Crippen LogP contribution in [0, 0.1) is 5.92 Å². The first-order valence-electron chi connectivity index (χ1n) is 8.11. The van der Waals surface area contributed by atoms with E-state index in [2.05, 4.69) is 19.2 Å². The van der Waals surface area contributed by atoms with E-state index in [-0.39, 0.29) is 5.56 Å². The van der Waals surface area contributed by atoms with Crippen molar-refractivity contribution in [2.24, 2.45) is 5.92 Å². The lowest BCUT2D eigenvalue weighted by molar-refractivity contribution is 0.115. The zero-order valence-electron chi connectivity index (χ0n) is 13.5. The average molecular weight is 292 g/mol. The summed E-state index contributed by atoms with van der Waals surface area (Å²) in [5.74, 6) is 0.661. The molecular formula is C17H28N2O2. The fourth-order valence-corrected chi connectivity index (χ4v) is 2.98. The van der Waals surface area contributed by atoms with Crippen LogP contribution in [0.5, 0.6) is 0 Å². The number of hydrogen-bond acceptors (Lipinski definition) is 3. The molecule has 0 saturated heterocycles. The van der Waals surface area contributed by atoms with Crippen LogP contribution < -0.4 is 10.9 Å². The number of hydrogen-bond donors (Lipinski definition) is 1. The topological polar surface area (TPSA) is 43.3 Å². The second-order valence-electron chi connectivity index (χ2n) is 6.25. The van der Waals surface area contributed by atoms with Gasteiger partial charge in [0.25, 0.3) is 5.56 Å². The normalized spacial score (nSPS) is 18.0. The summed E-state index contributed by atoms with van der Waals surface area (Å²) in [5.41, 5.74) is 2.57. The first kappa shape index (κ1) is 16.2. The third-order valence-corrected chi connectivity index (χ3v) is 4.26. The standard InChI is InChI=1S/C17H28N2O2/c1-13(2)9-11-21-12-10-19-16-6-4-5-15(18-3)14(16)7-8-17(19)20/h7-8,13,15,18H,4-6,9-12H2,1-3H3. The van der Waals surface area contributed by atoms with Gasteiger partial charge in [-0.2, -0.15) is 0 Å². The van der Waals surface area contributed by atoms with Crippen molar-refractivity contribution in [1.29, 1.82) is 0 Å². The minimum absolute atomic E-state index is 0.0953. The van der Waals surface area contributed by atoms with E-state index < -0.39 is 0 Å². The minimum Gasteiger partial charge on any atom is -0.380 e. The molecule has 0 fully saturated rings. The number of aromatic nitrogens is 1. The second-order valence-corrected chi connectivity index (χ2v) is 6.25. The van der Waals surface area contributed by atoms with Gasteiger partial charge in [0.15, 0.2) is 0 Å². The van der Waals surface area contributed by atoms with Crippen LogP contribution in [0.2, 0.25) is 0 Å². The van der Waals surface area contributed by atoms with Gasteiger partial charge in [-0.05, 0) is 44.2 Å². The molecule has 1 heterocycles. The highest BCUT2D eigenvalue weighted by molar-refractivity contribution is 5.27. The molecule has 0 aliphatic heterocycles. The average Bonchev–Trinajstić information content (AvgIpc) is 2.47. The van der Waals surface area contributed by atoms with Crippen LogP contribution in [0.25, 0.3) is 0 Å². The minimum atomic E-state index is 0.0953. The summed E-state index contributed by atoms with van der Waals surface area (Å²) < 4.78 is 7.58. The molecule has 1 atom stereocenters. The maximum Gasteiger partial charge on any atom is 0.250 e. The first-order chi connectivity index (χ1) is 10.1. The Hall–Kier alpha value is -1.13. The molecule has 0 aromatic carbocycles. The Morgan fingerprint density at radius 2 is 2.19 bits per heavy atom. The molecule has 1 aliphatic rings. The number of nitrogens with one attached hydrogen (secondary N) is 1. The molecule has 2 rings (SSSR count). The van der Waals surface area contributed by atoms with Crippen molar-refractivity contribution in [2.45, 2.75) is 52.1 Å². The molecule has 21 heavy (non-hydrogen) atoms. The van der Waals surface area contributed by atoms with Crippen LogP contribution in [-0.2, 0) is 17.7 Å². The quantitative estimate of drug-likeness (QED) is 0.785. The predicted octanol–water partition coefficient (Wildman–Crippen LogP) is 2.51. The van der Waals surface area contributed by atoms with Gasteiger partial charge in [0.1, 0.15) is 0 Å². The van der Waals surface area contributed by atoms with Crippen LogP contribution in [0.3, 0.4) is 0 Å². The molecule has 1 aromatic rings. The van der Waals surface area contributed by atoms with E-state index in [9.17, 15) is 4.79 Å². The summed E-state index contributed by atoms with van der Waals surface area (Å²) in [6.07, 6.45) is 4.35. The number of nitrogens with zero attached hydrogens (tertiary/aromatic N) is 1. The van der Waals surface area contributed by atoms with Gasteiger partial charge in [-0.3, -0.25) is 4.79 Å². The highest BCUT2D eigenvalue weighted by Crippen LogP contribution is 2.28. The van der Waals surface area contributed by atoms with Crippen LogP contribution in [-0.4, -0.2) is 24.8 Å². The van der Waals surface area contributed by atoms with E-state index in [0.29, 0.717) is 25.1 Å². The Balaban J connectivity index is 2.04. The van der Waals surface area contributed by atoms with Gasteiger partial charge in [0.2, 0.25) is 0 Å². The van der Waals surface area contributed by atoms with E-state index in [4.69, 9.17) is 4.74 Å². The fraction of sp³-hybridized carbons (Fsp3) is 0.706. The molecular weight excluding hydrogens is 264 g/mol. The molecule has 0 saturated carbocycles. The SMILES string of the molecule is CNC1CCCc2c1ccc(=O)n2CCOCCC(C)C. The van der Waals surface area contributed by atoms with Gasteiger partial charge in [-0.25, -0.2) is 0 Å². The maximum absolute atomic E-state index is 12.1. The summed E-state index contributed by atoms with van der Waals surface area (Å²) in [4.78, 5) is 12.1. The van der Waals surface area contributed by atoms with Crippen LogP contribution in [0.15, 0.2) is 16.9 Å². The van der Waals surface area contributed by atoms with Gasteiger partial charge in [-0.15, -0.1) is 0 Å². The summed E-state index contributed by atoms with van der Waals surface area (Å²) >= 11 is 0. The first-order valence-corrected chi connectivity index (χ1v) is 8.11. The third kappa shape index (κ3) is 4.17. The second kappa shape index (κ2) is 7.76. The molecule has 0 spiro atoms. The number of rotatable bonds is 7. The van der Waals surface area contributed by atoms with Gasteiger partial charge >= 0.3 is 0 Å². The molecule has 1 aromatic heterocycles.